The maximum absolute atomic E-state index is 12.4. The van der Waals surface area contributed by atoms with Crippen molar-refractivity contribution in [1.82, 2.24) is 14.1 Å². The molecule has 1 unspecified atom stereocenters. The Morgan fingerprint density at radius 3 is 2.55 bits per heavy atom. The van der Waals surface area contributed by atoms with Crippen molar-refractivity contribution in [3.05, 3.63) is 0 Å². The summed E-state index contributed by atoms with van der Waals surface area (Å²) in [5, 5.41) is 0. The lowest BCUT2D eigenvalue weighted by Crippen LogP contribution is -2.45. The minimum Gasteiger partial charge on any atom is -0.376 e. The molecule has 8 nitrogen and oxygen atoms in total. The van der Waals surface area contributed by atoms with E-state index in [1.807, 2.05) is 0 Å². The first kappa shape index (κ1) is 15.5. The fourth-order valence-corrected chi connectivity index (χ4v) is 3.56. The molecular weight excluding hydrogens is 310 g/mol. The predicted octanol–water partition coefficient (Wildman–Crippen LogP) is 0.305. The van der Waals surface area contributed by atoms with Gasteiger partial charge in [0.1, 0.15) is 0 Å². The Labute approximate surface area is 130 Å². The number of carbonyl (C=O) groups is 2. The van der Waals surface area contributed by atoms with E-state index in [1.165, 1.54) is 12.8 Å². The van der Waals surface area contributed by atoms with Crippen molar-refractivity contribution >= 4 is 22.1 Å². The molecule has 0 aromatic carbocycles. The summed E-state index contributed by atoms with van der Waals surface area (Å²) in [5.41, 5.74) is 0. The van der Waals surface area contributed by atoms with Crippen molar-refractivity contribution < 1.29 is 22.7 Å². The van der Waals surface area contributed by atoms with E-state index in [0.29, 0.717) is 19.0 Å². The SMILES string of the molecule is CS(=O)(=O)N1CCN(C(=O)N2CCC(OCC3CC3)C2)C1=O. The first-order valence-electron chi connectivity index (χ1n) is 7.56. The van der Waals surface area contributed by atoms with Crippen molar-refractivity contribution in [2.24, 2.45) is 5.92 Å². The Kier molecular flexibility index (Phi) is 4.02. The van der Waals surface area contributed by atoms with Crippen LogP contribution in [0.2, 0.25) is 0 Å². The molecule has 0 aromatic heterocycles. The number of likely N-dealkylation sites (tertiary alicyclic amines) is 1. The van der Waals surface area contributed by atoms with Gasteiger partial charge >= 0.3 is 12.1 Å². The van der Waals surface area contributed by atoms with Crippen molar-refractivity contribution in [3.8, 4) is 0 Å². The Morgan fingerprint density at radius 2 is 1.95 bits per heavy atom. The van der Waals surface area contributed by atoms with Crippen LogP contribution < -0.4 is 0 Å². The average molecular weight is 331 g/mol. The number of rotatable bonds is 4. The molecular formula is C13H21N3O5S. The third kappa shape index (κ3) is 3.19. The fraction of sp³-hybridized carbons (Fsp3) is 0.846. The van der Waals surface area contributed by atoms with Crippen LogP contribution in [0.1, 0.15) is 19.3 Å². The van der Waals surface area contributed by atoms with Gasteiger partial charge in [0.2, 0.25) is 10.0 Å². The Balaban J connectivity index is 1.54. The topological polar surface area (TPSA) is 87.2 Å². The third-order valence-corrected chi connectivity index (χ3v) is 5.42. The van der Waals surface area contributed by atoms with E-state index in [4.69, 9.17) is 4.74 Å². The van der Waals surface area contributed by atoms with Crippen molar-refractivity contribution in [2.75, 3.05) is 39.0 Å². The number of sulfonamides is 1. The fourth-order valence-electron chi connectivity index (χ4n) is 2.77. The molecule has 0 bridgehead atoms. The quantitative estimate of drug-likeness (QED) is 0.740. The monoisotopic (exact) mass is 331 g/mol. The molecule has 0 aromatic rings. The molecule has 3 rings (SSSR count). The van der Waals surface area contributed by atoms with Crippen molar-refractivity contribution in [2.45, 2.75) is 25.4 Å². The van der Waals surface area contributed by atoms with Gasteiger partial charge in [-0.15, -0.1) is 0 Å². The van der Waals surface area contributed by atoms with Gasteiger partial charge in [0.25, 0.3) is 0 Å². The van der Waals surface area contributed by atoms with Crippen LogP contribution in [-0.2, 0) is 14.8 Å². The first-order chi connectivity index (χ1) is 10.4. The van der Waals surface area contributed by atoms with E-state index >= 15 is 0 Å². The van der Waals surface area contributed by atoms with Crippen LogP contribution in [-0.4, -0.2) is 79.7 Å². The number of hydrogen-bond donors (Lipinski definition) is 0. The van der Waals surface area contributed by atoms with Gasteiger partial charge in [0.05, 0.1) is 25.4 Å². The zero-order valence-corrected chi connectivity index (χ0v) is 13.4. The van der Waals surface area contributed by atoms with Crippen LogP contribution in [0, 0.1) is 5.92 Å². The molecule has 22 heavy (non-hydrogen) atoms. The third-order valence-electron chi connectivity index (χ3n) is 4.28. The molecule has 3 aliphatic rings. The number of hydrogen-bond acceptors (Lipinski definition) is 5. The van der Waals surface area contributed by atoms with E-state index in [2.05, 4.69) is 0 Å². The smallest absolute Gasteiger partial charge is 0.341 e. The second-order valence-electron chi connectivity index (χ2n) is 6.19. The molecule has 9 heteroatoms. The van der Waals surface area contributed by atoms with Crippen LogP contribution in [0.15, 0.2) is 0 Å². The van der Waals surface area contributed by atoms with Gasteiger partial charge in [-0.05, 0) is 25.2 Å². The summed E-state index contributed by atoms with van der Waals surface area (Å²) in [7, 11) is -3.62. The van der Waals surface area contributed by atoms with Crippen LogP contribution in [0.3, 0.4) is 0 Å². The van der Waals surface area contributed by atoms with Gasteiger partial charge in [-0.1, -0.05) is 0 Å². The summed E-state index contributed by atoms with van der Waals surface area (Å²) >= 11 is 0. The van der Waals surface area contributed by atoms with Gasteiger partial charge in [0.15, 0.2) is 0 Å². The number of imide groups is 1. The van der Waals surface area contributed by atoms with Crippen molar-refractivity contribution in [1.29, 1.82) is 0 Å². The maximum Gasteiger partial charge on any atom is 0.341 e. The number of carbonyl (C=O) groups excluding carboxylic acids is 2. The van der Waals surface area contributed by atoms with Gasteiger partial charge in [-0.25, -0.2) is 27.2 Å². The van der Waals surface area contributed by atoms with E-state index < -0.39 is 22.1 Å². The normalized spacial score (nSPS) is 26.1. The van der Waals surface area contributed by atoms with Crippen LogP contribution in [0.4, 0.5) is 9.59 Å². The molecule has 124 valence electrons. The van der Waals surface area contributed by atoms with E-state index in [1.54, 1.807) is 4.90 Å². The summed E-state index contributed by atoms with van der Waals surface area (Å²) in [5.74, 6) is 0.674. The van der Waals surface area contributed by atoms with E-state index in [9.17, 15) is 18.0 Å². The molecule has 2 saturated heterocycles. The summed E-state index contributed by atoms with van der Waals surface area (Å²) < 4.78 is 29.5. The molecule has 0 N–H and O–H groups in total. The van der Waals surface area contributed by atoms with E-state index in [-0.39, 0.29) is 19.2 Å². The number of amides is 4. The molecule has 1 atom stereocenters. The number of nitrogens with zero attached hydrogens (tertiary/aromatic N) is 3. The standard InChI is InChI=1S/C13H21N3O5S/c1-22(19,20)16-7-6-15(13(16)18)12(17)14-5-4-11(8-14)21-9-10-2-3-10/h10-11H,2-9H2,1H3. The van der Waals surface area contributed by atoms with Crippen LogP contribution in [0.5, 0.6) is 0 Å². The highest BCUT2D eigenvalue weighted by Gasteiger charge is 2.41. The second-order valence-corrected chi connectivity index (χ2v) is 8.09. The zero-order valence-electron chi connectivity index (χ0n) is 12.6. The summed E-state index contributed by atoms with van der Waals surface area (Å²) in [6, 6.07) is -1.18. The highest BCUT2D eigenvalue weighted by molar-refractivity contribution is 7.88. The molecule has 1 saturated carbocycles. The van der Waals surface area contributed by atoms with Crippen LogP contribution in [0.25, 0.3) is 0 Å². The summed E-state index contributed by atoms with van der Waals surface area (Å²) in [6.07, 6.45) is 4.19. The first-order valence-corrected chi connectivity index (χ1v) is 9.41. The molecule has 3 fully saturated rings. The highest BCUT2D eigenvalue weighted by Crippen LogP contribution is 2.30. The van der Waals surface area contributed by atoms with Gasteiger partial charge in [0, 0.05) is 19.7 Å². The number of ether oxygens (including phenoxy) is 1. The molecule has 2 aliphatic heterocycles. The summed E-state index contributed by atoms with van der Waals surface area (Å²) in [4.78, 5) is 27.0. The Bertz CT molecular complexity index is 574. The minimum atomic E-state index is -3.62. The largest absolute Gasteiger partial charge is 0.376 e. The van der Waals surface area contributed by atoms with Gasteiger partial charge in [-0.3, -0.25) is 0 Å². The zero-order chi connectivity index (χ0) is 15.9. The van der Waals surface area contributed by atoms with Crippen molar-refractivity contribution in [3.63, 3.8) is 0 Å². The average Bonchev–Trinajstić information content (AvgIpc) is 3.00. The predicted molar refractivity (Wildman–Crippen MR) is 77.7 cm³/mol. The molecule has 1 aliphatic carbocycles. The lowest BCUT2D eigenvalue weighted by atomic mass is 10.3. The molecule has 2 heterocycles. The summed E-state index contributed by atoms with van der Waals surface area (Å²) in [6.45, 7) is 1.88. The van der Waals surface area contributed by atoms with Gasteiger partial charge < -0.3 is 9.64 Å². The Morgan fingerprint density at radius 1 is 1.23 bits per heavy atom. The minimum absolute atomic E-state index is 0.0215. The Hall–Kier alpha value is -1.35. The molecule has 0 radical (unpaired) electrons. The molecule has 0 spiro atoms. The van der Waals surface area contributed by atoms with E-state index in [0.717, 1.165) is 28.5 Å². The van der Waals surface area contributed by atoms with Gasteiger partial charge in [-0.2, -0.15) is 0 Å². The molecule has 4 amide bonds. The number of urea groups is 2. The second kappa shape index (κ2) is 5.69. The van der Waals surface area contributed by atoms with Crippen LogP contribution >= 0.6 is 0 Å². The highest BCUT2D eigenvalue weighted by atomic mass is 32.2. The lowest BCUT2D eigenvalue weighted by molar-refractivity contribution is 0.0529. The lowest BCUT2D eigenvalue weighted by Gasteiger charge is -2.22. The maximum atomic E-state index is 12.4.